The molecule has 146 valence electrons. The summed E-state index contributed by atoms with van der Waals surface area (Å²) in [5.41, 5.74) is 1.61. The van der Waals surface area contributed by atoms with Crippen LogP contribution >= 0.6 is 35.3 Å². The first-order valence-electron chi connectivity index (χ1n) is 9.86. The van der Waals surface area contributed by atoms with Gasteiger partial charge in [-0.2, -0.15) is 0 Å². The number of guanidine groups is 1. The van der Waals surface area contributed by atoms with Crippen LogP contribution < -0.4 is 15.5 Å². The second-order valence-electron chi connectivity index (χ2n) is 6.98. The molecule has 0 radical (unpaired) electrons. The maximum absolute atomic E-state index is 4.81. The highest BCUT2D eigenvalue weighted by molar-refractivity contribution is 14.0. The number of allylic oxidation sites excluding steroid dienone is 1. The van der Waals surface area contributed by atoms with Gasteiger partial charge in [-0.25, -0.2) is 0 Å². The number of nitrogens with zero attached hydrogens (tertiary/aromatic N) is 2. The van der Waals surface area contributed by atoms with E-state index in [1.54, 1.807) is 5.57 Å². The number of anilines is 1. The average Bonchev–Trinajstić information content (AvgIpc) is 3.18. The molecule has 1 aliphatic carbocycles. The molecule has 0 aromatic carbocycles. The summed E-state index contributed by atoms with van der Waals surface area (Å²) in [5.74, 6) is 0.994. The minimum absolute atomic E-state index is 0. The zero-order valence-electron chi connectivity index (χ0n) is 15.9. The van der Waals surface area contributed by atoms with E-state index in [0.29, 0.717) is 6.04 Å². The molecule has 0 saturated carbocycles. The smallest absolute Gasteiger partial charge is 0.191 e. The summed E-state index contributed by atoms with van der Waals surface area (Å²) in [5, 5.41) is 10.6. The van der Waals surface area contributed by atoms with E-state index in [-0.39, 0.29) is 24.0 Å². The molecule has 1 saturated heterocycles. The van der Waals surface area contributed by atoms with Gasteiger partial charge >= 0.3 is 0 Å². The van der Waals surface area contributed by atoms with Crippen LogP contribution in [0, 0.1) is 0 Å². The minimum Gasteiger partial charge on any atom is -0.363 e. The Hall–Kier alpha value is -0.760. The van der Waals surface area contributed by atoms with Gasteiger partial charge in [0.2, 0.25) is 0 Å². The maximum atomic E-state index is 4.81. The zero-order valence-corrected chi connectivity index (χ0v) is 19.0. The van der Waals surface area contributed by atoms with Gasteiger partial charge in [-0.3, -0.25) is 4.99 Å². The van der Waals surface area contributed by atoms with E-state index in [0.717, 1.165) is 38.6 Å². The predicted molar refractivity (Wildman–Crippen MR) is 125 cm³/mol. The molecule has 1 aromatic heterocycles. The molecule has 0 spiro atoms. The van der Waals surface area contributed by atoms with Crippen LogP contribution in [0.1, 0.15) is 51.9 Å². The van der Waals surface area contributed by atoms with Crippen molar-refractivity contribution in [2.45, 2.75) is 57.9 Å². The van der Waals surface area contributed by atoms with Crippen molar-refractivity contribution in [3.05, 3.63) is 29.2 Å². The molecular weight excluding hydrogens is 455 g/mol. The molecule has 2 heterocycles. The number of halogens is 1. The maximum Gasteiger partial charge on any atom is 0.191 e. The molecule has 1 aromatic rings. The Morgan fingerprint density at radius 3 is 2.81 bits per heavy atom. The summed E-state index contributed by atoms with van der Waals surface area (Å²) in [6, 6.07) is 4.90. The summed E-state index contributed by atoms with van der Waals surface area (Å²) in [4.78, 5) is 7.32. The van der Waals surface area contributed by atoms with Gasteiger partial charge in [-0.05, 0) is 69.4 Å². The summed E-state index contributed by atoms with van der Waals surface area (Å²) in [7, 11) is 0. The number of nitrogens with one attached hydrogen (secondary N) is 2. The lowest BCUT2D eigenvalue weighted by Crippen LogP contribution is -2.48. The van der Waals surface area contributed by atoms with Crippen LogP contribution in [0.3, 0.4) is 0 Å². The number of rotatable bonds is 6. The number of piperidine rings is 1. The van der Waals surface area contributed by atoms with Crippen LogP contribution in [-0.2, 0) is 0 Å². The van der Waals surface area contributed by atoms with Crippen molar-refractivity contribution in [3.8, 4) is 0 Å². The lowest BCUT2D eigenvalue weighted by atomic mass is 9.97. The Balaban J connectivity index is 0.00000243. The van der Waals surface area contributed by atoms with Crippen molar-refractivity contribution >= 4 is 46.3 Å². The fraction of sp³-hybridized carbons (Fsp3) is 0.650. The molecule has 2 aliphatic rings. The second kappa shape index (κ2) is 11.8. The summed E-state index contributed by atoms with van der Waals surface area (Å²) < 4.78 is 0. The number of hydrogen-bond acceptors (Lipinski definition) is 3. The molecule has 0 bridgehead atoms. The monoisotopic (exact) mass is 488 g/mol. The van der Waals surface area contributed by atoms with Crippen molar-refractivity contribution in [1.82, 2.24) is 10.6 Å². The van der Waals surface area contributed by atoms with E-state index < -0.39 is 0 Å². The lowest BCUT2D eigenvalue weighted by molar-refractivity contribution is 0.463. The largest absolute Gasteiger partial charge is 0.363 e. The fourth-order valence-corrected chi connectivity index (χ4v) is 4.44. The number of hydrogen-bond donors (Lipinski definition) is 2. The lowest BCUT2D eigenvalue weighted by Gasteiger charge is -2.33. The first-order chi connectivity index (χ1) is 12.3. The van der Waals surface area contributed by atoms with E-state index in [2.05, 4.69) is 46.0 Å². The minimum atomic E-state index is 0. The van der Waals surface area contributed by atoms with Crippen molar-refractivity contribution in [2.24, 2.45) is 4.99 Å². The van der Waals surface area contributed by atoms with Crippen molar-refractivity contribution in [1.29, 1.82) is 0 Å². The second-order valence-corrected chi connectivity index (χ2v) is 7.90. The third-order valence-corrected chi connectivity index (χ3v) is 6.01. The first kappa shape index (κ1) is 21.5. The van der Waals surface area contributed by atoms with Crippen molar-refractivity contribution in [3.63, 3.8) is 0 Å². The van der Waals surface area contributed by atoms with Gasteiger partial charge in [0.25, 0.3) is 0 Å². The molecule has 0 unspecified atom stereocenters. The Morgan fingerprint density at radius 1 is 1.31 bits per heavy atom. The molecule has 2 N–H and O–H groups in total. The van der Waals surface area contributed by atoms with E-state index in [1.807, 2.05) is 11.3 Å². The number of thiophene rings is 1. The van der Waals surface area contributed by atoms with Crippen LogP contribution in [0.5, 0.6) is 0 Å². The van der Waals surface area contributed by atoms with E-state index in [1.165, 1.54) is 43.5 Å². The van der Waals surface area contributed by atoms with Crippen LogP contribution in [0.4, 0.5) is 5.00 Å². The molecule has 4 nitrogen and oxygen atoms in total. The summed E-state index contributed by atoms with van der Waals surface area (Å²) in [6.45, 7) is 6.22. The van der Waals surface area contributed by atoms with Gasteiger partial charge in [-0.15, -0.1) is 35.3 Å². The highest BCUT2D eigenvalue weighted by atomic mass is 127. The SMILES string of the molecule is CCNC(=NCCC1=CCCCC1)NC1CCN(c2cccs2)CC1.I. The average molecular weight is 488 g/mol. The zero-order chi connectivity index (χ0) is 17.3. The van der Waals surface area contributed by atoms with Crippen LogP contribution in [-0.4, -0.2) is 38.2 Å². The first-order valence-corrected chi connectivity index (χ1v) is 10.7. The molecule has 0 amide bonds. The molecular formula is C20H33IN4S. The Labute approximate surface area is 179 Å². The molecule has 26 heavy (non-hydrogen) atoms. The fourth-order valence-electron chi connectivity index (χ4n) is 3.65. The third-order valence-electron chi connectivity index (χ3n) is 5.09. The Morgan fingerprint density at radius 2 is 2.15 bits per heavy atom. The van der Waals surface area contributed by atoms with Gasteiger partial charge in [-0.1, -0.05) is 11.6 Å². The highest BCUT2D eigenvalue weighted by Gasteiger charge is 2.20. The quantitative estimate of drug-likeness (QED) is 0.262. The highest BCUT2D eigenvalue weighted by Crippen LogP contribution is 2.24. The van der Waals surface area contributed by atoms with Crippen LogP contribution in [0.25, 0.3) is 0 Å². The van der Waals surface area contributed by atoms with Gasteiger partial charge in [0, 0.05) is 32.2 Å². The molecule has 0 atom stereocenters. The Kier molecular flexibility index (Phi) is 9.82. The predicted octanol–water partition coefficient (Wildman–Crippen LogP) is 4.78. The van der Waals surface area contributed by atoms with Gasteiger partial charge in [0.15, 0.2) is 5.96 Å². The number of aliphatic imine (C=N–C) groups is 1. The van der Waals surface area contributed by atoms with Crippen LogP contribution in [0.2, 0.25) is 0 Å². The van der Waals surface area contributed by atoms with E-state index >= 15 is 0 Å². The standard InChI is InChI=1S/C20H32N4S.HI/c1-2-21-20(22-13-10-17-7-4-3-5-8-17)23-18-11-14-24(15-12-18)19-9-6-16-25-19;/h6-7,9,16,18H,2-5,8,10-15H2,1H3,(H2,21,22,23);1H. The van der Waals surface area contributed by atoms with Gasteiger partial charge < -0.3 is 15.5 Å². The molecule has 6 heteroatoms. The van der Waals surface area contributed by atoms with E-state index in [4.69, 9.17) is 4.99 Å². The normalized spacial score (nSPS) is 18.9. The summed E-state index contributed by atoms with van der Waals surface area (Å²) >= 11 is 1.84. The molecule has 1 fully saturated rings. The Bertz CT molecular complexity index is 562. The van der Waals surface area contributed by atoms with Gasteiger partial charge in [0.05, 0.1) is 5.00 Å². The third kappa shape index (κ3) is 6.76. The molecule has 3 rings (SSSR count). The van der Waals surface area contributed by atoms with Gasteiger partial charge in [0.1, 0.15) is 0 Å². The van der Waals surface area contributed by atoms with Crippen molar-refractivity contribution < 1.29 is 0 Å². The molecule has 1 aliphatic heterocycles. The summed E-state index contributed by atoms with van der Waals surface area (Å²) in [6.07, 6.45) is 11.2. The van der Waals surface area contributed by atoms with Crippen molar-refractivity contribution in [2.75, 3.05) is 31.1 Å². The van der Waals surface area contributed by atoms with E-state index in [9.17, 15) is 0 Å². The van der Waals surface area contributed by atoms with Crippen LogP contribution in [0.15, 0.2) is 34.2 Å². The topological polar surface area (TPSA) is 39.7 Å².